The molecule has 0 saturated carbocycles. The number of hydrogen-bond donors (Lipinski definition) is 7. The Bertz CT molecular complexity index is 2430. The van der Waals surface area contributed by atoms with Crippen LogP contribution in [0.5, 0.6) is 17.2 Å². The molecule has 2 heterocycles. The van der Waals surface area contributed by atoms with Crippen LogP contribution in [0.15, 0.2) is 66.9 Å². The van der Waals surface area contributed by atoms with E-state index in [2.05, 4.69) is 38.2 Å². The highest BCUT2D eigenvalue weighted by atomic mass is 16.5. The number of nitrogens with zero attached hydrogens (tertiary/aromatic N) is 4. The van der Waals surface area contributed by atoms with Crippen LogP contribution in [-0.2, 0) is 25.6 Å². The molecule has 68 heavy (non-hydrogen) atoms. The highest BCUT2D eigenvalue weighted by Crippen LogP contribution is 2.40. The molecule has 5 rings (SSSR count). The second-order valence-corrected chi connectivity index (χ2v) is 16.3. The molecule has 4 aromatic rings. The van der Waals surface area contributed by atoms with Gasteiger partial charge in [-0.1, -0.05) is 38.3 Å². The van der Waals surface area contributed by atoms with Crippen molar-refractivity contribution in [1.29, 1.82) is 5.26 Å². The lowest BCUT2D eigenvalue weighted by Crippen LogP contribution is -2.56. The summed E-state index contributed by atoms with van der Waals surface area (Å²) >= 11 is 0. The van der Waals surface area contributed by atoms with E-state index in [9.17, 15) is 24.0 Å². The van der Waals surface area contributed by atoms with Gasteiger partial charge in [-0.25, -0.2) is 9.97 Å². The van der Waals surface area contributed by atoms with Crippen molar-refractivity contribution in [2.45, 2.75) is 83.5 Å². The van der Waals surface area contributed by atoms with Gasteiger partial charge in [0.1, 0.15) is 61.2 Å². The first kappa shape index (κ1) is 51.8. The largest absolute Gasteiger partial charge is 0.494 e. The van der Waals surface area contributed by atoms with Gasteiger partial charge < -0.3 is 57.6 Å². The third-order valence-corrected chi connectivity index (χ3v) is 11.2. The van der Waals surface area contributed by atoms with E-state index in [0.29, 0.717) is 51.9 Å². The van der Waals surface area contributed by atoms with E-state index in [1.165, 1.54) is 31.5 Å². The average Bonchev–Trinajstić information content (AvgIpc) is 3.33. The fourth-order valence-corrected chi connectivity index (χ4v) is 7.61. The number of amides is 5. The van der Waals surface area contributed by atoms with Gasteiger partial charge in [0.25, 0.3) is 5.91 Å². The Morgan fingerprint density at radius 3 is 2.22 bits per heavy atom. The molecule has 1 aromatic heterocycles. The van der Waals surface area contributed by atoms with Crippen LogP contribution in [0.2, 0.25) is 0 Å². The van der Waals surface area contributed by atoms with Crippen LogP contribution in [0.1, 0.15) is 79.2 Å². The number of unbranched alkanes of at least 4 members (excludes halogenated alkanes) is 3. The maximum atomic E-state index is 14.7. The van der Waals surface area contributed by atoms with Gasteiger partial charge >= 0.3 is 0 Å². The van der Waals surface area contributed by atoms with E-state index in [0.717, 1.165) is 30.6 Å². The van der Waals surface area contributed by atoms with Crippen molar-refractivity contribution >= 4 is 29.5 Å². The summed E-state index contributed by atoms with van der Waals surface area (Å²) in [6.45, 7) is 6.24. The summed E-state index contributed by atoms with van der Waals surface area (Å²) in [5.74, 6) is -1.50. The predicted octanol–water partition coefficient (Wildman–Crippen LogP) is 2.59. The topological polar surface area (TPSA) is 292 Å². The number of nitriles is 1. The Labute approximate surface area is 396 Å². The van der Waals surface area contributed by atoms with Gasteiger partial charge in [-0.2, -0.15) is 5.26 Å². The van der Waals surface area contributed by atoms with Crippen molar-refractivity contribution in [3.63, 3.8) is 0 Å². The number of rotatable bonds is 21. The Morgan fingerprint density at radius 1 is 0.882 bits per heavy atom. The SMILES string of the molecule is CCCCCCOc1ccc(-c2ncc(C(=O)NC(CCN)C(=O)N(C)[C@@H]3C(=O)N[C@@H](C)C(=O)N[C@H](C(=O)NCC#N)Cc4ccc(OCCN)c(c4)-c4cc3ccc4OCCN)c(C)n2)cc1. The first-order chi connectivity index (χ1) is 32.8. The number of carbonyl (C=O) groups excluding carboxylic acids is 5. The Morgan fingerprint density at radius 2 is 1.57 bits per heavy atom. The molecule has 1 aliphatic rings. The van der Waals surface area contributed by atoms with E-state index in [1.807, 2.05) is 30.3 Å². The molecule has 0 aliphatic carbocycles. The minimum atomic E-state index is -1.41. The maximum Gasteiger partial charge on any atom is 0.255 e. The maximum absolute atomic E-state index is 14.7. The summed E-state index contributed by atoms with van der Waals surface area (Å²) in [7, 11) is 1.41. The van der Waals surface area contributed by atoms with Crippen LogP contribution in [0.25, 0.3) is 22.5 Å². The van der Waals surface area contributed by atoms with Gasteiger partial charge in [-0.15, -0.1) is 0 Å². The molecular formula is C49H63N11O8. The summed E-state index contributed by atoms with van der Waals surface area (Å²) in [5.41, 5.74) is 20.8. The third kappa shape index (κ3) is 13.7. The number of carbonyl (C=O) groups is 5. The molecule has 1 unspecified atom stereocenters. The number of aryl methyl sites for hydroxylation is 1. The number of benzene rings is 3. The van der Waals surface area contributed by atoms with Crippen LogP contribution < -0.4 is 52.7 Å². The highest BCUT2D eigenvalue weighted by molar-refractivity contribution is 6.00. The number of aromatic nitrogens is 2. The van der Waals surface area contributed by atoms with Gasteiger partial charge in [0.05, 0.1) is 23.9 Å². The zero-order valence-electron chi connectivity index (χ0n) is 39.1. The van der Waals surface area contributed by atoms with Crippen LogP contribution in [0.4, 0.5) is 0 Å². The zero-order valence-corrected chi connectivity index (χ0v) is 39.1. The lowest BCUT2D eigenvalue weighted by molar-refractivity contribution is -0.141. The van der Waals surface area contributed by atoms with Crippen LogP contribution in [-0.4, -0.2) is 116 Å². The van der Waals surface area contributed by atoms with Gasteiger partial charge in [-0.05, 0) is 92.9 Å². The van der Waals surface area contributed by atoms with Crippen molar-refractivity contribution in [3.05, 3.63) is 89.2 Å². The highest BCUT2D eigenvalue weighted by Gasteiger charge is 2.36. The van der Waals surface area contributed by atoms with Gasteiger partial charge in [-0.3, -0.25) is 24.0 Å². The average molecular weight is 934 g/mol. The standard InChI is InChI=1S/C49H63N11O8/c1-5-6-7-8-23-66-35-13-10-33(11-14-35)44-55-29-38(30(2)56-44)46(62)58-39(17-18-50)49(65)60(4)43-34-12-16-42(68-25-21-53)37(28-34)36-26-32(9-15-41(36)67-24-20-52)27-40(47(63)54-22-19-51)59-45(61)31(3)57-48(43)64/h9-16,26,28-29,31,39-40,43H,5-8,17-18,20-25,27,50,52-53H2,1-4H3,(H,54,63)(H,57,64)(H,58,62)(H,59,61)/t31-,39?,40-,43-/m0/s1. The number of likely N-dealkylation sites (N-methyl/N-ethyl adjacent to an activating group) is 1. The van der Waals surface area contributed by atoms with Crippen LogP contribution >= 0.6 is 0 Å². The summed E-state index contributed by atoms with van der Waals surface area (Å²) in [4.78, 5) is 80.5. The van der Waals surface area contributed by atoms with E-state index in [1.54, 1.807) is 43.3 Å². The predicted molar refractivity (Wildman–Crippen MR) is 255 cm³/mol. The lowest BCUT2D eigenvalue weighted by atomic mass is 9.93. The van der Waals surface area contributed by atoms with Gasteiger partial charge in [0, 0.05) is 49.4 Å². The first-order valence-electron chi connectivity index (χ1n) is 22.9. The Balaban J connectivity index is 1.49. The molecule has 4 atom stereocenters. The molecule has 362 valence electrons. The molecule has 0 saturated heterocycles. The minimum Gasteiger partial charge on any atom is -0.494 e. The quantitative estimate of drug-likeness (QED) is 0.0467. The lowest BCUT2D eigenvalue weighted by Gasteiger charge is -2.32. The van der Waals surface area contributed by atoms with Crippen LogP contribution in [0, 0.1) is 18.3 Å². The van der Waals surface area contributed by atoms with Crippen molar-refractivity contribution in [2.75, 3.05) is 53.0 Å². The number of fused-ring (bicyclic) bond motifs is 5. The summed E-state index contributed by atoms with van der Waals surface area (Å²) in [6.07, 6.45) is 5.79. The first-order valence-corrected chi connectivity index (χ1v) is 22.9. The fraction of sp³-hybridized carbons (Fsp3) is 0.429. The molecule has 0 fully saturated rings. The molecule has 3 aromatic carbocycles. The zero-order chi connectivity index (χ0) is 49.2. The van der Waals surface area contributed by atoms with Gasteiger partial charge in [0.2, 0.25) is 23.6 Å². The smallest absolute Gasteiger partial charge is 0.255 e. The molecule has 10 N–H and O–H groups in total. The molecule has 19 nitrogen and oxygen atoms in total. The molecule has 0 radical (unpaired) electrons. The summed E-state index contributed by atoms with van der Waals surface area (Å²) < 4.78 is 18.1. The summed E-state index contributed by atoms with van der Waals surface area (Å²) in [6, 6.07) is 14.4. The fourth-order valence-electron chi connectivity index (χ4n) is 7.61. The number of hydrogen-bond acceptors (Lipinski definition) is 14. The van der Waals surface area contributed by atoms with Crippen LogP contribution in [0.3, 0.4) is 0 Å². The summed E-state index contributed by atoms with van der Waals surface area (Å²) in [5, 5.41) is 19.9. The molecule has 4 bridgehead atoms. The second-order valence-electron chi connectivity index (χ2n) is 16.3. The normalized spacial score (nSPS) is 16.2. The van der Waals surface area contributed by atoms with Crippen molar-refractivity contribution in [1.82, 2.24) is 36.1 Å². The molecule has 19 heteroatoms. The second kappa shape index (κ2) is 25.7. The van der Waals surface area contributed by atoms with Crippen molar-refractivity contribution < 1.29 is 38.2 Å². The number of ether oxygens (including phenoxy) is 3. The van der Waals surface area contributed by atoms with E-state index < -0.39 is 53.7 Å². The van der Waals surface area contributed by atoms with E-state index >= 15 is 0 Å². The van der Waals surface area contributed by atoms with Gasteiger partial charge in [0.15, 0.2) is 5.82 Å². The number of nitrogens with two attached hydrogens (primary N) is 3. The Hall–Kier alpha value is -7.14. The molecular weight excluding hydrogens is 871 g/mol. The van der Waals surface area contributed by atoms with Crippen molar-refractivity contribution in [2.24, 2.45) is 17.2 Å². The molecule has 1 aliphatic heterocycles. The van der Waals surface area contributed by atoms with Crippen molar-refractivity contribution in [3.8, 4) is 45.8 Å². The molecule has 0 spiro atoms. The van der Waals surface area contributed by atoms with E-state index in [-0.39, 0.29) is 57.8 Å². The minimum absolute atomic E-state index is 0.000587. The Kier molecular flexibility index (Phi) is 19.6. The number of nitrogens with one attached hydrogen (secondary N) is 4. The van der Waals surface area contributed by atoms with E-state index in [4.69, 9.17) is 36.7 Å². The third-order valence-electron chi connectivity index (χ3n) is 11.2. The monoisotopic (exact) mass is 933 g/mol. The molecule has 5 amide bonds.